The van der Waals surface area contributed by atoms with Gasteiger partial charge in [0, 0.05) is 23.9 Å². The Morgan fingerprint density at radius 2 is 1.96 bits per heavy atom. The third-order valence-corrected chi connectivity index (χ3v) is 5.65. The summed E-state index contributed by atoms with van der Waals surface area (Å²) in [6.07, 6.45) is 10.8. The standard InChI is InChI=1S/C21H23NO.C2H6/c1-15(11-16-3-2-10-22-14-16)20(23)18-5-4-17-6-7-21(8-9-21)13-19(17)12-18;1-2/h2-5,10,12,14-15H,6-9,11,13H2,1H3;1-2H3. The van der Waals surface area contributed by atoms with Gasteiger partial charge >= 0.3 is 0 Å². The first-order chi connectivity index (χ1) is 12.2. The van der Waals surface area contributed by atoms with Crippen molar-refractivity contribution >= 4 is 5.78 Å². The summed E-state index contributed by atoms with van der Waals surface area (Å²) in [6.45, 7) is 6.02. The Labute approximate surface area is 151 Å². The zero-order valence-electron chi connectivity index (χ0n) is 15.7. The molecule has 0 N–H and O–H groups in total. The number of aryl methyl sites for hydroxylation is 1. The molecular formula is C23H29NO. The van der Waals surface area contributed by atoms with Crippen LogP contribution in [0.3, 0.4) is 0 Å². The molecule has 0 aliphatic heterocycles. The molecule has 4 rings (SSSR count). The fourth-order valence-corrected chi connectivity index (χ4v) is 3.93. The summed E-state index contributed by atoms with van der Waals surface area (Å²) in [4.78, 5) is 16.9. The summed E-state index contributed by atoms with van der Waals surface area (Å²) in [5.41, 5.74) is 5.49. The van der Waals surface area contributed by atoms with Crippen molar-refractivity contribution in [2.75, 3.05) is 0 Å². The van der Waals surface area contributed by atoms with Crippen molar-refractivity contribution in [1.82, 2.24) is 4.98 Å². The van der Waals surface area contributed by atoms with Gasteiger partial charge in [0.2, 0.25) is 0 Å². The molecule has 2 aliphatic carbocycles. The van der Waals surface area contributed by atoms with Gasteiger partial charge in [0.05, 0.1) is 0 Å². The lowest BCUT2D eigenvalue weighted by Gasteiger charge is -2.24. The molecule has 2 heteroatoms. The Morgan fingerprint density at radius 1 is 1.16 bits per heavy atom. The number of nitrogens with zero attached hydrogens (tertiary/aromatic N) is 1. The van der Waals surface area contributed by atoms with Crippen molar-refractivity contribution in [3.63, 3.8) is 0 Å². The number of rotatable bonds is 4. The zero-order valence-corrected chi connectivity index (χ0v) is 15.7. The number of Topliss-reactive ketones (excluding diaryl/α,β-unsaturated/α-hetero) is 1. The van der Waals surface area contributed by atoms with Gasteiger partial charge in [-0.3, -0.25) is 9.78 Å². The van der Waals surface area contributed by atoms with Crippen LogP contribution in [0.25, 0.3) is 0 Å². The highest BCUT2D eigenvalue weighted by Gasteiger charge is 2.44. The molecule has 0 saturated heterocycles. The summed E-state index contributed by atoms with van der Waals surface area (Å²) >= 11 is 0. The largest absolute Gasteiger partial charge is 0.294 e. The normalized spacial score (nSPS) is 17.9. The highest BCUT2D eigenvalue weighted by Crippen LogP contribution is 2.54. The molecule has 1 heterocycles. The second-order valence-electron chi connectivity index (χ2n) is 7.49. The molecule has 1 aromatic heterocycles. The maximum atomic E-state index is 12.8. The van der Waals surface area contributed by atoms with Crippen molar-refractivity contribution < 1.29 is 4.79 Å². The SMILES string of the molecule is CC.CC(Cc1cccnc1)C(=O)c1ccc2c(c1)CC1(CC2)CC1. The van der Waals surface area contributed by atoms with Crippen LogP contribution in [0.5, 0.6) is 0 Å². The molecule has 25 heavy (non-hydrogen) atoms. The van der Waals surface area contributed by atoms with Crippen LogP contribution in [0.2, 0.25) is 0 Å². The van der Waals surface area contributed by atoms with Crippen LogP contribution in [-0.2, 0) is 19.3 Å². The molecule has 1 unspecified atom stereocenters. The number of ketones is 1. The van der Waals surface area contributed by atoms with Crippen LogP contribution in [-0.4, -0.2) is 10.8 Å². The average Bonchev–Trinajstić information content (AvgIpc) is 3.41. The van der Waals surface area contributed by atoms with E-state index < -0.39 is 0 Å². The number of carbonyl (C=O) groups excluding carboxylic acids is 1. The van der Waals surface area contributed by atoms with Crippen molar-refractivity contribution in [2.45, 2.75) is 59.3 Å². The summed E-state index contributed by atoms with van der Waals surface area (Å²) in [7, 11) is 0. The minimum atomic E-state index is -0.00396. The topological polar surface area (TPSA) is 30.0 Å². The van der Waals surface area contributed by atoms with Gasteiger partial charge in [0.1, 0.15) is 0 Å². The summed E-state index contributed by atoms with van der Waals surface area (Å²) in [6, 6.07) is 10.4. The minimum absolute atomic E-state index is 0.00396. The van der Waals surface area contributed by atoms with E-state index >= 15 is 0 Å². The van der Waals surface area contributed by atoms with E-state index in [2.05, 4.69) is 17.1 Å². The first kappa shape index (κ1) is 17.8. The maximum absolute atomic E-state index is 12.8. The smallest absolute Gasteiger partial charge is 0.166 e. The number of hydrogen-bond donors (Lipinski definition) is 0. The van der Waals surface area contributed by atoms with E-state index in [0.29, 0.717) is 5.41 Å². The number of fused-ring (bicyclic) bond motifs is 1. The molecule has 132 valence electrons. The first-order valence-corrected chi connectivity index (χ1v) is 9.70. The van der Waals surface area contributed by atoms with Crippen LogP contribution < -0.4 is 0 Å². The molecular weight excluding hydrogens is 306 g/mol. The Hall–Kier alpha value is -1.96. The van der Waals surface area contributed by atoms with E-state index in [1.54, 1.807) is 6.20 Å². The molecule has 0 amide bonds. The lowest BCUT2D eigenvalue weighted by molar-refractivity contribution is 0.0929. The highest BCUT2D eigenvalue weighted by atomic mass is 16.1. The van der Waals surface area contributed by atoms with E-state index in [4.69, 9.17) is 0 Å². The number of carbonyl (C=O) groups is 1. The number of benzene rings is 1. The lowest BCUT2D eigenvalue weighted by atomic mass is 9.80. The second-order valence-corrected chi connectivity index (χ2v) is 7.49. The lowest BCUT2D eigenvalue weighted by Crippen LogP contribution is -2.18. The third-order valence-electron chi connectivity index (χ3n) is 5.65. The summed E-state index contributed by atoms with van der Waals surface area (Å²) in [5, 5.41) is 0. The van der Waals surface area contributed by atoms with Crippen molar-refractivity contribution in [1.29, 1.82) is 0 Å². The number of hydrogen-bond acceptors (Lipinski definition) is 2. The Kier molecular flexibility index (Phi) is 5.36. The van der Waals surface area contributed by atoms with Gasteiger partial charge in [-0.05, 0) is 72.8 Å². The number of aromatic nitrogens is 1. The van der Waals surface area contributed by atoms with Crippen LogP contribution in [0.4, 0.5) is 0 Å². The molecule has 2 aliphatic rings. The molecule has 1 fully saturated rings. The fraction of sp³-hybridized carbons (Fsp3) is 0.478. The van der Waals surface area contributed by atoms with Gasteiger partial charge in [0.15, 0.2) is 5.78 Å². The van der Waals surface area contributed by atoms with Gasteiger partial charge in [-0.15, -0.1) is 0 Å². The fourth-order valence-electron chi connectivity index (χ4n) is 3.93. The predicted octanol–water partition coefficient (Wildman–Crippen LogP) is 5.44. The summed E-state index contributed by atoms with van der Waals surface area (Å²) in [5.74, 6) is 0.253. The van der Waals surface area contributed by atoms with E-state index in [1.807, 2.05) is 45.2 Å². The Bertz CT molecular complexity index is 731. The van der Waals surface area contributed by atoms with E-state index in [-0.39, 0.29) is 11.7 Å². The highest BCUT2D eigenvalue weighted by molar-refractivity contribution is 5.98. The molecule has 0 bridgehead atoms. The van der Waals surface area contributed by atoms with Gasteiger partial charge in [0.25, 0.3) is 0 Å². The minimum Gasteiger partial charge on any atom is -0.294 e. The Morgan fingerprint density at radius 3 is 2.64 bits per heavy atom. The number of pyridine rings is 1. The van der Waals surface area contributed by atoms with Gasteiger partial charge in [-0.2, -0.15) is 0 Å². The molecule has 2 nitrogen and oxygen atoms in total. The Balaban J connectivity index is 0.000000880. The molecule has 1 spiro atoms. The van der Waals surface area contributed by atoms with E-state index in [0.717, 1.165) is 17.5 Å². The van der Waals surface area contributed by atoms with Crippen molar-refractivity contribution in [3.05, 3.63) is 65.0 Å². The molecule has 1 aromatic carbocycles. The maximum Gasteiger partial charge on any atom is 0.166 e. The van der Waals surface area contributed by atoms with E-state index in [1.165, 1.54) is 43.2 Å². The zero-order chi connectivity index (χ0) is 17.9. The molecule has 0 radical (unpaired) electrons. The van der Waals surface area contributed by atoms with Crippen LogP contribution in [0, 0.1) is 11.3 Å². The second kappa shape index (κ2) is 7.51. The monoisotopic (exact) mass is 335 g/mol. The van der Waals surface area contributed by atoms with Crippen LogP contribution in [0.15, 0.2) is 42.7 Å². The van der Waals surface area contributed by atoms with Gasteiger partial charge < -0.3 is 0 Å². The first-order valence-electron chi connectivity index (χ1n) is 9.70. The quantitative estimate of drug-likeness (QED) is 0.697. The van der Waals surface area contributed by atoms with Crippen molar-refractivity contribution in [2.24, 2.45) is 11.3 Å². The van der Waals surface area contributed by atoms with Gasteiger partial charge in [-0.25, -0.2) is 0 Å². The predicted molar refractivity (Wildman–Crippen MR) is 103 cm³/mol. The third kappa shape index (κ3) is 4.00. The molecule has 1 saturated carbocycles. The molecule has 2 aromatic rings. The van der Waals surface area contributed by atoms with Crippen molar-refractivity contribution in [3.8, 4) is 0 Å². The van der Waals surface area contributed by atoms with Gasteiger partial charge in [-0.1, -0.05) is 39.0 Å². The van der Waals surface area contributed by atoms with E-state index in [9.17, 15) is 4.79 Å². The average molecular weight is 335 g/mol. The summed E-state index contributed by atoms with van der Waals surface area (Å²) < 4.78 is 0. The van der Waals surface area contributed by atoms with Crippen LogP contribution in [0.1, 0.15) is 67.1 Å². The van der Waals surface area contributed by atoms with Crippen LogP contribution >= 0.6 is 0 Å². The molecule has 1 atom stereocenters.